The summed E-state index contributed by atoms with van der Waals surface area (Å²) in [7, 11) is 0. The number of pyridine rings is 1. The molecule has 0 saturated heterocycles. The zero-order chi connectivity index (χ0) is 8.55. The Kier molecular flexibility index (Phi) is 2.03. The van der Waals surface area contributed by atoms with Crippen LogP contribution in [0.15, 0.2) is 34.9 Å². The van der Waals surface area contributed by atoms with Crippen molar-refractivity contribution in [3.63, 3.8) is 0 Å². The fourth-order valence-corrected chi connectivity index (χ4v) is 1.96. The maximum Gasteiger partial charge on any atom is 0.0728 e. The van der Waals surface area contributed by atoms with Gasteiger partial charge < -0.3 is 0 Å². The number of benzene rings is 1. The third-order valence-corrected chi connectivity index (χ3v) is 2.41. The third kappa shape index (κ3) is 1.32. The SMILES string of the molecule is Clc1cc(Br)cc2ncccc12. The van der Waals surface area contributed by atoms with Crippen LogP contribution < -0.4 is 0 Å². The lowest BCUT2D eigenvalue weighted by atomic mass is 10.2. The highest BCUT2D eigenvalue weighted by atomic mass is 79.9. The molecule has 1 nitrogen and oxygen atoms in total. The highest BCUT2D eigenvalue weighted by molar-refractivity contribution is 9.10. The number of rotatable bonds is 0. The number of fused-ring (bicyclic) bond motifs is 1. The Hall–Kier alpha value is -0.600. The molecule has 0 aliphatic rings. The lowest BCUT2D eigenvalue weighted by Crippen LogP contribution is -1.78. The zero-order valence-corrected chi connectivity index (χ0v) is 8.43. The minimum atomic E-state index is 0.729. The molecular weight excluding hydrogens is 237 g/mol. The van der Waals surface area contributed by atoms with E-state index in [2.05, 4.69) is 20.9 Å². The smallest absolute Gasteiger partial charge is 0.0728 e. The first kappa shape index (κ1) is 8.02. The molecule has 2 aromatic rings. The van der Waals surface area contributed by atoms with Gasteiger partial charge in [-0.3, -0.25) is 4.98 Å². The van der Waals surface area contributed by atoms with Crippen molar-refractivity contribution >= 4 is 38.4 Å². The second-order valence-corrected chi connectivity index (χ2v) is 3.78. The number of nitrogens with zero attached hydrogens (tertiary/aromatic N) is 1. The number of hydrogen-bond acceptors (Lipinski definition) is 1. The summed E-state index contributed by atoms with van der Waals surface area (Å²) in [6.07, 6.45) is 1.76. The molecule has 1 aromatic carbocycles. The molecular formula is C9H5BrClN. The van der Waals surface area contributed by atoms with Crippen molar-refractivity contribution in [3.05, 3.63) is 40.0 Å². The first-order chi connectivity index (χ1) is 5.77. The van der Waals surface area contributed by atoms with E-state index in [1.165, 1.54) is 0 Å². The van der Waals surface area contributed by atoms with Crippen molar-refractivity contribution in [2.24, 2.45) is 0 Å². The van der Waals surface area contributed by atoms with Gasteiger partial charge in [0.05, 0.1) is 10.5 Å². The Labute approximate surface area is 83.5 Å². The standard InChI is InChI=1S/C9H5BrClN/c10-6-4-8(11)7-2-1-3-12-9(7)5-6/h1-5H. The molecule has 0 bridgehead atoms. The summed E-state index contributed by atoms with van der Waals surface area (Å²) in [6, 6.07) is 7.64. The summed E-state index contributed by atoms with van der Waals surface area (Å²) in [6.45, 7) is 0. The van der Waals surface area contributed by atoms with Gasteiger partial charge in [-0.05, 0) is 24.3 Å². The van der Waals surface area contributed by atoms with E-state index in [0.29, 0.717) is 0 Å². The van der Waals surface area contributed by atoms with Crippen molar-refractivity contribution in [2.45, 2.75) is 0 Å². The van der Waals surface area contributed by atoms with E-state index >= 15 is 0 Å². The molecule has 0 unspecified atom stereocenters. The van der Waals surface area contributed by atoms with Crippen molar-refractivity contribution in [2.75, 3.05) is 0 Å². The fourth-order valence-electron chi connectivity index (χ4n) is 1.11. The molecule has 0 amide bonds. The maximum atomic E-state index is 5.99. The first-order valence-corrected chi connectivity index (χ1v) is 4.64. The monoisotopic (exact) mass is 241 g/mol. The molecule has 0 radical (unpaired) electrons. The van der Waals surface area contributed by atoms with Crippen LogP contribution in [0.2, 0.25) is 5.02 Å². The Balaban J connectivity index is 2.89. The molecule has 0 aliphatic heterocycles. The molecule has 2 rings (SSSR count). The number of aromatic nitrogens is 1. The topological polar surface area (TPSA) is 12.9 Å². The predicted molar refractivity (Wildman–Crippen MR) is 54.5 cm³/mol. The molecule has 1 heterocycles. The molecule has 0 N–H and O–H groups in total. The van der Waals surface area contributed by atoms with Crippen LogP contribution in [0.1, 0.15) is 0 Å². The summed E-state index contributed by atoms with van der Waals surface area (Å²) < 4.78 is 0.957. The lowest BCUT2D eigenvalue weighted by Gasteiger charge is -1.99. The van der Waals surface area contributed by atoms with E-state index in [0.717, 1.165) is 20.4 Å². The molecule has 0 spiro atoms. The molecule has 3 heteroatoms. The van der Waals surface area contributed by atoms with Crippen LogP contribution in [0.4, 0.5) is 0 Å². The van der Waals surface area contributed by atoms with Gasteiger partial charge in [0.25, 0.3) is 0 Å². The van der Waals surface area contributed by atoms with Crippen molar-refractivity contribution in [3.8, 4) is 0 Å². The summed E-state index contributed by atoms with van der Waals surface area (Å²) in [5.41, 5.74) is 0.914. The summed E-state index contributed by atoms with van der Waals surface area (Å²) in [5, 5.41) is 1.72. The van der Waals surface area contributed by atoms with Gasteiger partial charge in [0.1, 0.15) is 0 Å². The zero-order valence-electron chi connectivity index (χ0n) is 6.09. The van der Waals surface area contributed by atoms with E-state index in [1.807, 2.05) is 24.3 Å². The van der Waals surface area contributed by atoms with Gasteiger partial charge in [-0.25, -0.2) is 0 Å². The lowest BCUT2D eigenvalue weighted by molar-refractivity contribution is 1.41. The van der Waals surface area contributed by atoms with Crippen LogP contribution in [-0.4, -0.2) is 4.98 Å². The molecule has 0 saturated carbocycles. The summed E-state index contributed by atoms with van der Waals surface area (Å²) >= 11 is 9.35. The third-order valence-electron chi connectivity index (χ3n) is 1.64. The van der Waals surface area contributed by atoms with E-state index in [4.69, 9.17) is 11.6 Å². The van der Waals surface area contributed by atoms with Gasteiger partial charge in [0.2, 0.25) is 0 Å². The largest absolute Gasteiger partial charge is 0.256 e. The van der Waals surface area contributed by atoms with Crippen LogP contribution in [0, 0.1) is 0 Å². The van der Waals surface area contributed by atoms with Crippen molar-refractivity contribution in [1.82, 2.24) is 4.98 Å². The minimum Gasteiger partial charge on any atom is -0.256 e. The minimum absolute atomic E-state index is 0.729. The fraction of sp³-hybridized carbons (Fsp3) is 0. The maximum absolute atomic E-state index is 5.99. The van der Waals surface area contributed by atoms with E-state index in [1.54, 1.807) is 6.20 Å². The molecule has 0 atom stereocenters. The highest BCUT2D eigenvalue weighted by Gasteiger charge is 1.99. The summed E-state index contributed by atoms with van der Waals surface area (Å²) in [4.78, 5) is 4.19. The number of hydrogen-bond donors (Lipinski definition) is 0. The molecule has 12 heavy (non-hydrogen) atoms. The van der Waals surface area contributed by atoms with Crippen LogP contribution in [0.3, 0.4) is 0 Å². The van der Waals surface area contributed by atoms with Crippen LogP contribution in [0.25, 0.3) is 10.9 Å². The summed E-state index contributed by atoms with van der Waals surface area (Å²) in [5.74, 6) is 0. The van der Waals surface area contributed by atoms with E-state index in [-0.39, 0.29) is 0 Å². The van der Waals surface area contributed by atoms with Gasteiger partial charge in [-0.1, -0.05) is 27.5 Å². The second kappa shape index (κ2) is 3.04. The molecule has 0 aliphatic carbocycles. The average molecular weight is 243 g/mol. The first-order valence-electron chi connectivity index (χ1n) is 3.47. The average Bonchev–Trinajstić information content (AvgIpc) is 2.04. The van der Waals surface area contributed by atoms with E-state index < -0.39 is 0 Å². The highest BCUT2D eigenvalue weighted by Crippen LogP contribution is 2.26. The second-order valence-electron chi connectivity index (χ2n) is 2.46. The molecule has 60 valence electrons. The Morgan fingerprint density at radius 2 is 2.17 bits per heavy atom. The van der Waals surface area contributed by atoms with Gasteiger partial charge in [0.15, 0.2) is 0 Å². The number of halogens is 2. The van der Waals surface area contributed by atoms with E-state index in [9.17, 15) is 0 Å². The van der Waals surface area contributed by atoms with Gasteiger partial charge in [0, 0.05) is 16.1 Å². The van der Waals surface area contributed by atoms with Crippen LogP contribution in [-0.2, 0) is 0 Å². The van der Waals surface area contributed by atoms with Gasteiger partial charge >= 0.3 is 0 Å². The normalized spacial score (nSPS) is 10.5. The Morgan fingerprint density at radius 1 is 1.33 bits per heavy atom. The Bertz CT molecular complexity index is 428. The van der Waals surface area contributed by atoms with Crippen molar-refractivity contribution in [1.29, 1.82) is 0 Å². The quantitative estimate of drug-likeness (QED) is 0.687. The van der Waals surface area contributed by atoms with Gasteiger partial charge in [-0.15, -0.1) is 0 Å². The van der Waals surface area contributed by atoms with Crippen LogP contribution >= 0.6 is 27.5 Å². The van der Waals surface area contributed by atoms with Gasteiger partial charge in [-0.2, -0.15) is 0 Å². The predicted octanol–water partition coefficient (Wildman–Crippen LogP) is 3.65. The molecule has 0 fully saturated rings. The molecule has 1 aromatic heterocycles. The Morgan fingerprint density at radius 3 is 3.00 bits per heavy atom. The van der Waals surface area contributed by atoms with Crippen molar-refractivity contribution < 1.29 is 0 Å². The van der Waals surface area contributed by atoms with Crippen LogP contribution in [0.5, 0.6) is 0 Å².